The summed E-state index contributed by atoms with van der Waals surface area (Å²) < 4.78 is 32.6. The molecule has 360 valence electrons. The summed E-state index contributed by atoms with van der Waals surface area (Å²) in [5.74, 6) is 1.17. The van der Waals surface area contributed by atoms with Gasteiger partial charge in [-0.3, -0.25) is 9.59 Å². The Morgan fingerprint density at radius 1 is 0.377 bits per heavy atom. The van der Waals surface area contributed by atoms with Crippen LogP contribution in [-0.2, 0) is 33.3 Å². The molecule has 0 spiro atoms. The Hall–Kier alpha value is -1.18. The number of carbonyl (C=O) groups excluding carboxylic acids is 2. The molecule has 0 bridgehead atoms. The van der Waals surface area contributed by atoms with E-state index in [0.717, 1.165) is 51.4 Å². The van der Waals surface area contributed by atoms with E-state index in [1.54, 1.807) is 0 Å². The van der Waals surface area contributed by atoms with Crippen LogP contribution >= 0.6 is 0 Å². The average molecular weight is 863 g/mol. The van der Waals surface area contributed by atoms with Gasteiger partial charge in [0.05, 0.1) is 24.0 Å². The minimum Gasteiger partial charge on any atom is -0.463 e. The highest BCUT2D eigenvalue weighted by Gasteiger charge is 2.46. The van der Waals surface area contributed by atoms with E-state index in [0.29, 0.717) is 11.8 Å². The van der Waals surface area contributed by atoms with Gasteiger partial charge in [0.2, 0.25) is 0 Å². The molecular weight excluding hydrogens is 761 g/mol. The maximum atomic E-state index is 13.7. The van der Waals surface area contributed by atoms with E-state index in [-0.39, 0.29) is 72.9 Å². The second-order valence-corrected chi connectivity index (χ2v) is 20.3. The third-order valence-corrected chi connectivity index (χ3v) is 15.3. The molecule has 2 rings (SSSR count). The van der Waals surface area contributed by atoms with Gasteiger partial charge in [0, 0.05) is 11.8 Å². The van der Waals surface area contributed by atoms with Crippen LogP contribution in [0.1, 0.15) is 249 Å². The maximum Gasteiger partial charge on any atom is 0.309 e. The molecule has 0 aromatic rings. The lowest BCUT2D eigenvalue weighted by atomic mass is 9.78. The second-order valence-electron chi connectivity index (χ2n) is 20.3. The zero-order valence-electron chi connectivity index (χ0n) is 42.0. The van der Waals surface area contributed by atoms with Gasteiger partial charge in [-0.05, 0) is 49.4 Å². The number of ether oxygens (including phenoxy) is 5. The van der Waals surface area contributed by atoms with Crippen LogP contribution in [0.25, 0.3) is 0 Å². The van der Waals surface area contributed by atoms with Crippen molar-refractivity contribution in [3.05, 3.63) is 0 Å². The Labute approximate surface area is 378 Å². The lowest BCUT2D eigenvalue weighted by molar-refractivity contribution is -0.344. The van der Waals surface area contributed by atoms with Gasteiger partial charge in [-0.15, -0.1) is 0 Å². The summed E-state index contributed by atoms with van der Waals surface area (Å²) in [6.07, 6.45) is 31.7. The van der Waals surface area contributed by atoms with Crippen LogP contribution in [0.15, 0.2) is 0 Å². The summed E-state index contributed by atoms with van der Waals surface area (Å²) in [7, 11) is 0. The summed E-state index contributed by atoms with van der Waals surface area (Å²) in [5.41, 5.74) is 0. The second kappa shape index (κ2) is 34.2. The first-order valence-corrected chi connectivity index (χ1v) is 26.8. The standard InChI is InChI=1S/C54H102O7/c1-11-15-19-23-27-31-35-47(36-32-28-24-20-16-12-2)51(55)57-39-49-43(7)41(5)45(9)53(59-49)61-54-46(10)42(6)44(8)50(60-54)40-58-52(56)48(37-33-29-25-21-17-13-3)38-34-30-26-22-18-14-4/h41-50,53-54H,11-40H2,1-10H3/t41-,42-,43-,44-,45?,46?,49?,50?,53+,54+/m0/s1. The molecule has 2 fully saturated rings. The van der Waals surface area contributed by atoms with Crippen molar-refractivity contribution < 1.29 is 33.3 Å². The van der Waals surface area contributed by atoms with Crippen molar-refractivity contribution in [1.29, 1.82) is 0 Å². The number of carbonyl (C=O) groups is 2. The van der Waals surface area contributed by atoms with Gasteiger partial charge in [-0.1, -0.05) is 223 Å². The van der Waals surface area contributed by atoms with Crippen LogP contribution in [-0.4, -0.2) is 49.9 Å². The Morgan fingerprint density at radius 3 is 0.918 bits per heavy atom. The van der Waals surface area contributed by atoms with E-state index in [4.69, 9.17) is 23.7 Å². The molecule has 0 aromatic heterocycles. The zero-order chi connectivity index (χ0) is 44.8. The molecule has 0 aliphatic carbocycles. The molecule has 0 radical (unpaired) electrons. The Bertz CT molecular complexity index is 968. The molecule has 10 atom stereocenters. The van der Waals surface area contributed by atoms with Crippen molar-refractivity contribution in [2.75, 3.05) is 13.2 Å². The number of unbranched alkanes of at least 4 members (excludes halogenated alkanes) is 20. The molecular formula is C54H102O7. The van der Waals surface area contributed by atoms with Crippen molar-refractivity contribution in [2.24, 2.45) is 47.3 Å². The molecule has 61 heavy (non-hydrogen) atoms. The van der Waals surface area contributed by atoms with Gasteiger partial charge in [0.15, 0.2) is 12.6 Å². The molecule has 0 N–H and O–H groups in total. The zero-order valence-corrected chi connectivity index (χ0v) is 42.0. The highest BCUT2D eigenvalue weighted by molar-refractivity contribution is 5.72. The third-order valence-electron chi connectivity index (χ3n) is 15.3. The molecule has 7 nitrogen and oxygen atoms in total. The maximum absolute atomic E-state index is 13.7. The SMILES string of the molecule is CCCCCCCCC(CCCCCCCC)C(=O)OCC1O[C@H](O[C@H]2OC(COC(=O)C(CCCCCCCC)CCCCCCCC)[C@@H](C)[C@H](C)C2C)C(C)[C@@H](C)[C@@H]1C. The lowest BCUT2D eigenvalue weighted by Gasteiger charge is -2.48. The van der Waals surface area contributed by atoms with E-state index < -0.39 is 12.6 Å². The monoisotopic (exact) mass is 863 g/mol. The van der Waals surface area contributed by atoms with Gasteiger partial charge in [-0.25, -0.2) is 0 Å². The predicted molar refractivity (Wildman–Crippen MR) is 254 cm³/mol. The molecule has 7 heteroatoms. The molecule has 2 aliphatic rings. The Morgan fingerprint density at radius 2 is 0.639 bits per heavy atom. The first kappa shape index (κ1) is 56.0. The fourth-order valence-corrected chi connectivity index (χ4v) is 9.81. The van der Waals surface area contributed by atoms with Gasteiger partial charge < -0.3 is 23.7 Å². The molecule has 0 aromatic carbocycles. The molecule has 4 unspecified atom stereocenters. The largest absolute Gasteiger partial charge is 0.463 e. The van der Waals surface area contributed by atoms with Gasteiger partial charge in [0.1, 0.15) is 13.2 Å². The van der Waals surface area contributed by atoms with Gasteiger partial charge in [0.25, 0.3) is 0 Å². The van der Waals surface area contributed by atoms with E-state index in [2.05, 4.69) is 69.2 Å². The van der Waals surface area contributed by atoms with Crippen LogP contribution < -0.4 is 0 Å². The fraction of sp³-hybridized carbons (Fsp3) is 0.963. The molecule has 2 aliphatic heterocycles. The van der Waals surface area contributed by atoms with E-state index in [1.165, 1.54) is 128 Å². The van der Waals surface area contributed by atoms with Crippen LogP contribution in [0.3, 0.4) is 0 Å². The average Bonchev–Trinajstić information content (AvgIpc) is 3.25. The highest BCUT2D eigenvalue weighted by atomic mass is 16.8. The first-order valence-electron chi connectivity index (χ1n) is 26.8. The van der Waals surface area contributed by atoms with Gasteiger partial charge >= 0.3 is 11.9 Å². The quantitative estimate of drug-likeness (QED) is 0.0458. The summed E-state index contributed by atoms with van der Waals surface area (Å²) in [6.45, 7) is 22.9. The summed E-state index contributed by atoms with van der Waals surface area (Å²) in [6, 6.07) is 0. The summed E-state index contributed by atoms with van der Waals surface area (Å²) in [4.78, 5) is 27.4. The lowest BCUT2D eigenvalue weighted by Crippen LogP contribution is -2.53. The minimum absolute atomic E-state index is 0.0352. The first-order chi connectivity index (χ1) is 29.5. The topological polar surface area (TPSA) is 80.3 Å². The number of rotatable bonds is 36. The van der Waals surface area contributed by atoms with Crippen LogP contribution in [0.5, 0.6) is 0 Å². The van der Waals surface area contributed by atoms with Crippen LogP contribution in [0.2, 0.25) is 0 Å². The number of esters is 2. The predicted octanol–water partition coefficient (Wildman–Crippen LogP) is 15.6. The molecule has 0 amide bonds. The van der Waals surface area contributed by atoms with Gasteiger partial charge in [-0.2, -0.15) is 0 Å². The third kappa shape index (κ3) is 22.0. The molecule has 2 saturated heterocycles. The Balaban J connectivity index is 2.03. The van der Waals surface area contributed by atoms with Crippen molar-refractivity contribution in [1.82, 2.24) is 0 Å². The van der Waals surface area contributed by atoms with Crippen molar-refractivity contribution in [3.8, 4) is 0 Å². The fourth-order valence-electron chi connectivity index (χ4n) is 9.81. The molecule has 2 heterocycles. The minimum atomic E-state index is -0.479. The number of hydrogen-bond donors (Lipinski definition) is 0. The molecule has 0 saturated carbocycles. The summed E-state index contributed by atoms with van der Waals surface area (Å²) >= 11 is 0. The van der Waals surface area contributed by atoms with E-state index in [9.17, 15) is 9.59 Å². The van der Waals surface area contributed by atoms with E-state index in [1.807, 2.05) is 0 Å². The Kier molecular flexibility index (Phi) is 31.4. The van der Waals surface area contributed by atoms with Crippen molar-refractivity contribution in [2.45, 2.75) is 274 Å². The number of hydrogen-bond acceptors (Lipinski definition) is 7. The smallest absolute Gasteiger partial charge is 0.309 e. The summed E-state index contributed by atoms with van der Waals surface area (Å²) in [5, 5.41) is 0. The van der Waals surface area contributed by atoms with Crippen LogP contribution in [0, 0.1) is 47.3 Å². The van der Waals surface area contributed by atoms with Crippen molar-refractivity contribution >= 4 is 11.9 Å². The van der Waals surface area contributed by atoms with E-state index >= 15 is 0 Å². The van der Waals surface area contributed by atoms with Crippen LogP contribution in [0.4, 0.5) is 0 Å². The van der Waals surface area contributed by atoms with Crippen molar-refractivity contribution in [3.63, 3.8) is 0 Å². The highest BCUT2D eigenvalue weighted by Crippen LogP contribution is 2.41. The normalized spacial score (nSPS) is 26.9.